The van der Waals surface area contributed by atoms with Crippen LogP contribution in [-0.4, -0.2) is 20.5 Å². The van der Waals surface area contributed by atoms with Gasteiger partial charge in [0.2, 0.25) is 0 Å². The highest BCUT2D eigenvalue weighted by Crippen LogP contribution is 2.23. The van der Waals surface area contributed by atoms with E-state index in [-0.39, 0.29) is 11.5 Å². The van der Waals surface area contributed by atoms with Gasteiger partial charge in [0.05, 0.1) is 16.2 Å². The molecule has 1 aromatic carbocycles. The summed E-state index contributed by atoms with van der Waals surface area (Å²) in [5, 5.41) is 15.2. The second-order valence-electron chi connectivity index (χ2n) is 4.46. The molecule has 0 radical (unpaired) electrons. The van der Waals surface area contributed by atoms with E-state index in [1.165, 1.54) is 30.4 Å². The molecule has 1 heterocycles. The smallest absolute Gasteiger partial charge is 0.270 e. The van der Waals surface area contributed by atoms with Crippen molar-refractivity contribution >= 4 is 29.1 Å². The van der Waals surface area contributed by atoms with E-state index >= 15 is 0 Å². The summed E-state index contributed by atoms with van der Waals surface area (Å²) < 4.78 is 1.55. The molecular weight excluding hydrogens is 294 g/mol. The molecular formula is C14H12ClN3O3. The minimum absolute atomic E-state index is 0.0796. The Hall–Kier alpha value is -2.47. The third kappa shape index (κ3) is 3.35. The lowest BCUT2D eigenvalue weighted by Gasteiger charge is -1.98. The summed E-state index contributed by atoms with van der Waals surface area (Å²) in [7, 11) is 1.73. The van der Waals surface area contributed by atoms with Crippen LogP contribution in [0.4, 0.5) is 5.69 Å². The number of halogens is 1. The fraction of sp³-hybridized carbons (Fsp3) is 0.143. The van der Waals surface area contributed by atoms with Gasteiger partial charge >= 0.3 is 0 Å². The van der Waals surface area contributed by atoms with Crippen molar-refractivity contribution in [2.45, 2.75) is 6.92 Å². The zero-order chi connectivity index (χ0) is 15.6. The number of carbonyl (C=O) groups is 1. The van der Waals surface area contributed by atoms with Gasteiger partial charge in [-0.25, -0.2) is 0 Å². The Morgan fingerprint density at radius 2 is 2.19 bits per heavy atom. The summed E-state index contributed by atoms with van der Waals surface area (Å²) in [6.07, 6.45) is 4.41. The Labute approximate surface area is 125 Å². The van der Waals surface area contributed by atoms with Crippen molar-refractivity contribution in [3.63, 3.8) is 0 Å². The molecule has 108 valence electrons. The summed E-state index contributed by atoms with van der Waals surface area (Å²) in [6, 6.07) is 4.06. The Bertz CT molecular complexity index is 750. The standard InChI is InChI=1S/C14H12ClN3O3/c1-9-12(8-17(2)16-9)14(19)6-3-10-7-11(18(20)21)4-5-13(10)15/h3-8H,1-2H3/b6-3+. The maximum atomic E-state index is 12.1. The van der Waals surface area contributed by atoms with E-state index in [1.807, 2.05) is 0 Å². The van der Waals surface area contributed by atoms with Gasteiger partial charge in [-0.1, -0.05) is 11.6 Å². The first-order chi connectivity index (χ1) is 9.88. The molecule has 2 aromatic rings. The molecule has 0 aliphatic carbocycles. The fourth-order valence-corrected chi connectivity index (χ4v) is 2.05. The molecule has 0 N–H and O–H groups in total. The van der Waals surface area contributed by atoms with Gasteiger partial charge < -0.3 is 0 Å². The van der Waals surface area contributed by atoms with Crippen molar-refractivity contribution in [3.05, 3.63) is 62.4 Å². The van der Waals surface area contributed by atoms with E-state index in [9.17, 15) is 14.9 Å². The third-order valence-corrected chi connectivity index (χ3v) is 3.23. The van der Waals surface area contributed by atoms with Crippen molar-refractivity contribution in [2.24, 2.45) is 7.05 Å². The Morgan fingerprint density at radius 3 is 2.76 bits per heavy atom. The molecule has 0 unspecified atom stereocenters. The number of nitrogens with zero attached hydrogens (tertiary/aromatic N) is 3. The van der Waals surface area contributed by atoms with Gasteiger partial charge in [0.15, 0.2) is 5.78 Å². The van der Waals surface area contributed by atoms with Crippen LogP contribution in [0.3, 0.4) is 0 Å². The number of carbonyl (C=O) groups excluding carboxylic acids is 1. The molecule has 0 aliphatic rings. The van der Waals surface area contributed by atoms with E-state index in [0.717, 1.165) is 0 Å². The summed E-state index contributed by atoms with van der Waals surface area (Å²) in [5.74, 6) is -0.233. The van der Waals surface area contributed by atoms with Gasteiger partial charge in [-0.2, -0.15) is 5.10 Å². The maximum absolute atomic E-state index is 12.1. The molecule has 0 saturated heterocycles. The highest BCUT2D eigenvalue weighted by atomic mass is 35.5. The molecule has 2 rings (SSSR count). The van der Waals surface area contributed by atoms with E-state index in [4.69, 9.17) is 11.6 Å². The molecule has 6 nitrogen and oxygen atoms in total. The van der Waals surface area contributed by atoms with Crippen molar-refractivity contribution in [3.8, 4) is 0 Å². The first-order valence-corrected chi connectivity index (χ1v) is 6.43. The number of hydrogen-bond donors (Lipinski definition) is 0. The number of allylic oxidation sites excluding steroid dienone is 1. The number of nitro benzene ring substituents is 1. The lowest BCUT2D eigenvalue weighted by Crippen LogP contribution is -1.95. The van der Waals surface area contributed by atoms with Crippen LogP contribution in [0.5, 0.6) is 0 Å². The summed E-state index contributed by atoms with van der Waals surface area (Å²) in [6.45, 7) is 1.74. The average molecular weight is 306 g/mol. The Morgan fingerprint density at radius 1 is 1.48 bits per heavy atom. The third-order valence-electron chi connectivity index (χ3n) is 2.88. The second-order valence-corrected chi connectivity index (χ2v) is 4.87. The van der Waals surface area contributed by atoms with Crippen molar-refractivity contribution in [1.29, 1.82) is 0 Å². The fourth-order valence-electron chi connectivity index (χ4n) is 1.87. The molecule has 0 fully saturated rings. The van der Waals surface area contributed by atoms with Crippen LogP contribution >= 0.6 is 11.6 Å². The normalized spacial score (nSPS) is 11.0. The zero-order valence-corrected chi connectivity index (χ0v) is 12.2. The highest BCUT2D eigenvalue weighted by molar-refractivity contribution is 6.32. The van der Waals surface area contributed by atoms with Gasteiger partial charge in [-0.05, 0) is 30.7 Å². The molecule has 0 aliphatic heterocycles. The minimum Gasteiger partial charge on any atom is -0.289 e. The molecule has 0 spiro atoms. The molecule has 1 aromatic heterocycles. The number of non-ortho nitro benzene ring substituents is 1. The average Bonchev–Trinajstić information content (AvgIpc) is 2.76. The molecule has 0 saturated carbocycles. The molecule has 0 atom stereocenters. The number of aryl methyl sites for hydroxylation is 2. The number of ketones is 1. The molecule has 7 heteroatoms. The number of rotatable bonds is 4. The summed E-state index contributed by atoms with van der Waals surface area (Å²) in [5.41, 5.74) is 1.44. The second kappa shape index (κ2) is 5.88. The SMILES string of the molecule is Cc1nn(C)cc1C(=O)/C=C/c1cc([N+](=O)[O-])ccc1Cl. The van der Waals surface area contributed by atoms with Gasteiger partial charge in [0, 0.05) is 30.4 Å². The lowest BCUT2D eigenvalue weighted by atomic mass is 10.1. The van der Waals surface area contributed by atoms with Crippen LogP contribution in [0.25, 0.3) is 6.08 Å². The highest BCUT2D eigenvalue weighted by Gasteiger charge is 2.11. The van der Waals surface area contributed by atoms with Crippen LogP contribution in [0.15, 0.2) is 30.5 Å². The quantitative estimate of drug-likeness (QED) is 0.376. The maximum Gasteiger partial charge on any atom is 0.270 e. The van der Waals surface area contributed by atoms with E-state index in [1.54, 1.807) is 24.9 Å². The van der Waals surface area contributed by atoms with Crippen LogP contribution in [-0.2, 0) is 7.05 Å². The monoisotopic (exact) mass is 305 g/mol. The predicted molar refractivity (Wildman–Crippen MR) is 79.4 cm³/mol. The van der Waals surface area contributed by atoms with E-state index < -0.39 is 4.92 Å². The molecule has 0 amide bonds. The topological polar surface area (TPSA) is 78.0 Å². The largest absolute Gasteiger partial charge is 0.289 e. The minimum atomic E-state index is -0.513. The number of aromatic nitrogens is 2. The van der Waals surface area contributed by atoms with Gasteiger partial charge in [-0.15, -0.1) is 0 Å². The van der Waals surface area contributed by atoms with Gasteiger partial charge in [0.25, 0.3) is 5.69 Å². The summed E-state index contributed by atoms with van der Waals surface area (Å²) in [4.78, 5) is 22.3. The van der Waals surface area contributed by atoms with Crippen LogP contribution in [0.2, 0.25) is 5.02 Å². The molecule has 21 heavy (non-hydrogen) atoms. The van der Waals surface area contributed by atoms with Crippen LogP contribution in [0.1, 0.15) is 21.6 Å². The number of benzene rings is 1. The first-order valence-electron chi connectivity index (χ1n) is 6.05. The van der Waals surface area contributed by atoms with E-state index in [2.05, 4.69) is 5.10 Å². The summed E-state index contributed by atoms with van der Waals surface area (Å²) >= 11 is 5.96. The van der Waals surface area contributed by atoms with Crippen molar-refractivity contribution < 1.29 is 9.72 Å². The predicted octanol–water partition coefficient (Wildman–Crippen LogP) is 3.19. The van der Waals surface area contributed by atoms with Crippen molar-refractivity contribution in [1.82, 2.24) is 9.78 Å². The number of nitro groups is 1. The van der Waals surface area contributed by atoms with Crippen molar-refractivity contribution in [2.75, 3.05) is 0 Å². The Kier molecular flexibility index (Phi) is 4.18. The Balaban J connectivity index is 2.29. The van der Waals surface area contributed by atoms with Crippen LogP contribution < -0.4 is 0 Å². The van der Waals surface area contributed by atoms with Gasteiger partial charge in [0.1, 0.15) is 0 Å². The lowest BCUT2D eigenvalue weighted by molar-refractivity contribution is -0.384. The van der Waals surface area contributed by atoms with Gasteiger partial charge in [-0.3, -0.25) is 19.6 Å². The number of hydrogen-bond acceptors (Lipinski definition) is 4. The first kappa shape index (κ1) is 14.9. The van der Waals surface area contributed by atoms with E-state index in [0.29, 0.717) is 21.8 Å². The molecule has 0 bridgehead atoms. The van der Waals surface area contributed by atoms with Crippen LogP contribution in [0, 0.1) is 17.0 Å². The zero-order valence-electron chi connectivity index (χ0n) is 11.4.